The van der Waals surface area contributed by atoms with Crippen molar-refractivity contribution in [2.24, 2.45) is 5.10 Å². The number of carbonyl (C=O) groups is 1. The van der Waals surface area contributed by atoms with Crippen LogP contribution in [-0.4, -0.2) is 11.6 Å². The number of rotatable bonds is 4. The van der Waals surface area contributed by atoms with E-state index in [0.717, 1.165) is 57.6 Å². The summed E-state index contributed by atoms with van der Waals surface area (Å²) in [5, 5.41) is 7.54. The number of nitrogens with zero attached hydrogens (tertiary/aromatic N) is 1. The van der Waals surface area contributed by atoms with Crippen molar-refractivity contribution >= 4 is 38.9 Å². The summed E-state index contributed by atoms with van der Waals surface area (Å²) < 4.78 is 6.82. The van der Waals surface area contributed by atoms with Gasteiger partial charge in [-0.2, -0.15) is 5.10 Å². The van der Waals surface area contributed by atoms with Gasteiger partial charge in [-0.05, 0) is 72.4 Å². The highest BCUT2D eigenvalue weighted by Crippen LogP contribution is 2.31. The van der Waals surface area contributed by atoms with Gasteiger partial charge in [0.2, 0.25) is 0 Å². The summed E-state index contributed by atoms with van der Waals surface area (Å²) in [6, 6.07) is 15.6. The first-order valence-electron chi connectivity index (χ1n) is 9.60. The van der Waals surface area contributed by atoms with Crippen molar-refractivity contribution in [3.8, 4) is 0 Å². The van der Waals surface area contributed by atoms with Crippen molar-refractivity contribution in [2.75, 3.05) is 10.7 Å². The Bertz CT molecular complexity index is 1090. The molecule has 2 aromatic carbocycles. The molecule has 0 unspecified atom stereocenters. The normalized spacial score (nSPS) is 14.5. The minimum atomic E-state index is -0.253. The van der Waals surface area contributed by atoms with Gasteiger partial charge >= 0.3 is 0 Å². The molecule has 1 aliphatic rings. The second kappa shape index (κ2) is 8.25. The number of furan rings is 1. The minimum Gasteiger partial charge on any atom is -0.455 e. The second-order valence-corrected chi connectivity index (χ2v) is 8.04. The molecule has 1 amide bonds. The molecule has 0 saturated heterocycles. The summed E-state index contributed by atoms with van der Waals surface area (Å²) in [4.78, 5) is 12.9. The summed E-state index contributed by atoms with van der Waals surface area (Å²) >= 11 is 3.50. The highest BCUT2D eigenvalue weighted by molar-refractivity contribution is 9.10. The zero-order valence-corrected chi connectivity index (χ0v) is 18.0. The predicted octanol–water partition coefficient (Wildman–Crippen LogP) is 6.06. The Labute approximate surface area is 178 Å². The Morgan fingerprint density at radius 1 is 1.10 bits per heavy atom. The van der Waals surface area contributed by atoms with Gasteiger partial charge in [0, 0.05) is 22.0 Å². The molecule has 6 heteroatoms. The van der Waals surface area contributed by atoms with Crippen LogP contribution in [0.1, 0.15) is 45.8 Å². The quantitative estimate of drug-likeness (QED) is 0.473. The lowest BCUT2D eigenvalue weighted by Gasteiger charge is -2.13. The number of amides is 1. The number of benzene rings is 2. The van der Waals surface area contributed by atoms with Gasteiger partial charge in [-0.1, -0.05) is 24.3 Å². The van der Waals surface area contributed by atoms with Gasteiger partial charge in [0.05, 0.1) is 17.1 Å². The fourth-order valence-electron chi connectivity index (χ4n) is 3.54. The van der Waals surface area contributed by atoms with Crippen LogP contribution >= 0.6 is 15.9 Å². The summed E-state index contributed by atoms with van der Waals surface area (Å²) in [7, 11) is 0. The van der Waals surface area contributed by atoms with Gasteiger partial charge < -0.3 is 9.73 Å². The number of hydrazone groups is 1. The summed E-state index contributed by atoms with van der Waals surface area (Å²) in [5.41, 5.74) is 8.58. The third-order valence-electron chi connectivity index (χ3n) is 5.00. The van der Waals surface area contributed by atoms with Crippen LogP contribution in [0.3, 0.4) is 0 Å². The van der Waals surface area contributed by atoms with Gasteiger partial charge in [-0.25, -0.2) is 0 Å². The summed E-state index contributed by atoms with van der Waals surface area (Å²) in [5.74, 6) is 0.920. The molecule has 1 heterocycles. The van der Waals surface area contributed by atoms with E-state index in [-0.39, 0.29) is 5.91 Å². The molecule has 2 N–H and O–H groups in total. The van der Waals surface area contributed by atoms with Crippen LogP contribution in [-0.2, 0) is 6.42 Å². The molecule has 4 rings (SSSR count). The second-order valence-electron chi connectivity index (χ2n) is 7.18. The topological polar surface area (TPSA) is 66.6 Å². The molecule has 148 valence electrons. The number of halogens is 1. The standard InChI is InChI=1S/C23H22BrN3O2/c1-14-11-12-18(17(24)13-14)25-23(28)22-15(2)21-19(9-6-10-20(21)29-22)27-26-16-7-4-3-5-8-16/h3-5,7-8,11-13,26H,6,9-10H2,1-2H3,(H,25,28)/b27-19+. The molecule has 0 fully saturated rings. The monoisotopic (exact) mass is 451 g/mol. The molecule has 0 atom stereocenters. The summed E-state index contributed by atoms with van der Waals surface area (Å²) in [6.07, 6.45) is 2.60. The van der Waals surface area contributed by atoms with Gasteiger partial charge in [0.25, 0.3) is 5.91 Å². The molecule has 29 heavy (non-hydrogen) atoms. The van der Waals surface area contributed by atoms with E-state index in [4.69, 9.17) is 4.42 Å². The first-order chi connectivity index (χ1) is 14.0. The average Bonchev–Trinajstić information content (AvgIpc) is 3.07. The molecule has 0 aliphatic heterocycles. The maximum Gasteiger partial charge on any atom is 0.291 e. The SMILES string of the molecule is Cc1ccc(NC(=O)c2oc3c(c2C)/C(=N/Nc2ccccc2)CCC3)c(Br)c1. The van der Waals surface area contributed by atoms with Crippen molar-refractivity contribution < 1.29 is 9.21 Å². The smallest absolute Gasteiger partial charge is 0.291 e. The van der Waals surface area contributed by atoms with Crippen molar-refractivity contribution in [3.63, 3.8) is 0 Å². The Morgan fingerprint density at radius 3 is 2.66 bits per heavy atom. The van der Waals surface area contributed by atoms with E-state index in [2.05, 4.69) is 31.8 Å². The molecular formula is C23H22BrN3O2. The first-order valence-corrected chi connectivity index (χ1v) is 10.4. The molecule has 0 bridgehead atoms. The summed E-state index contributed by atoms with van der Waals surface area (Å²) in [6.45, 7) is 3.93. The van der Waals surface area contributed by atoms with Crippen molar-refractivity contribution in [1.82, 2.24) is 0 Å². The van der Waals surface area contributed by atoms with Gasteiger partial charge in [-0.3, -0.25) is 10.2 Å². The molecule has 5 nitrogen and oxygen atoms in total. The van der Waals surface area contributed by atoms with Crippen LogP contribution in [0.5, 0.6) is 0 Å². The van der Waals surface area contributed by atoms with E-state index in [9.17, 15) is 4.79 Å². The fourth-order valence-corrected chi connectivity index (χ4v) is 4.13. The highest BCUT2D eigenvalue weighted by atomic mass is 79.9. The zero-order valence-electron chi connectivity index (χ0n) is 16.4. The van der Waals surface area contributed by atoms with Crippen LogP contribution < -0.4 is 10.7 Å². The number of hydrogen-bond acceptors (Lipinski definition) is 4. The number of anilines is 2. The highest BCUT2D eigenvalue weighted by Gasteiger charge is 2.28. The van der Waals surface area contributed by atoms with Crippen LogP contribution in [0, 0.1) is 13.8 Å². The van der Waals surface area contributed by atoms with Crippen LogP contribution in [0.15, 0.2) is 62.5 Å². The Morgan fingerprint density at radius 2 is 1.90 bits per heavy atom. The van der Waals surface area contributed by atoms with E-state index in [1.54, 1.807) is 0 Å². The Kier molecular flexibility index (Phi) is 5.53. The minimum absolute atomic E-state index is 0.253. The van der Waals surface area contributed by atoms with Gasteiger partial charge in [0.15, 0.2) is 5.76 Å². The van der Waals surface area contributed by atoms with E-state index in [1.807, 2.05) is 62.4 Å². The number of aryl methyl sites for hydroxylation is 2. The van der Waals surface area contributed by atoms with Crippen LogP contribution in [0.25, 0.3) is 0 Å². The number of hydrogen-bond donors (Lipinski definition) is 2. The van der Waals surface area contributed by atoms with E-state index >= 15 is 0 Å². The first kappa shape index (κ1) is 19.5. The average molecular weight is 452 g/mol. The third-order valence-corrected chi connectivity index (χ3v) is 5.65. The Balaban J connectivity index is 1.61. The van der Waals surface area contributed by atoms with Crippen molar-refractivity contribution in [2.45, 2.75) is 33.1 Å². The maximum atomic E-state index is 12.9. The lowest BCUT2D eigenvalue weighted by molar-refractivity contribution is 0.0994. The van der Waals surface area contributed by atoms with Crippen molar-refractivity contribution in [3.05, 3.63) is 81.2 Å². The van der Waals surface area contributed by atoms with Crippen molar-refractivity contribution in [1.29, 1.82) is 0 Å². The molecule has 1 aliphatic carbocycles. The molecule has 1 aromatic heterocycles. The number of nitrogens with one attached hydrogen (secondary N) is 2. The molecule has 0 spiro atoms. The molecular weight excluding hydrogens is 430 g/mol. The van der Waals surface area contributed by atoms with Crippen LogP contribution in [0.2, 0.25) is 0 Å². The lowest BCUT2D eigenvalue weighted by atomic mass is 9.93. The van der Waals surface area contributed by atoms with Gasteiger partial charge in [0.1, 0.15) is 5.76 Å². The van der Waals surface area contributed by atoms with E-state index < -0.39 is 0 Å². The van der Waals surface area contributed by atoms with Crippen LogP contribution in [0.4, 0.5) is 11.4 Å². The predicted molar refractivity (Wildman–Crippen MR) is 120 cm³/mol. The maximum absolute atomic E-state index is 12.9. The number of fused-ring (bicyclic) bond motifs is 1. The Hall–Kier alpha value is -2.86. The van der Waals surface area contributed by atoms with E-state index in [0.29, 0.717) is 11.4 Å². The number of para-hydroxylation sites is 1. The number of carbonyl (C=O) groups excluding carboxylic acids is 1. The van der Waals surface area contributed by atoms with E-state index in [1.165, 1.54) is 0 Å². The molecule has 0 radical (unpaired) electrons. The largest absolute Gasteiger partial charge is 0.455 e. The fraction of sp³-hybridized carbons (Fsp3) is 0.217. The van der Waals surface area contributed by atoms with Gasteiger partial charge in [-0.15, -0.1) is 0 Å². The third kappa shape index (κ3) is 4.12. The molecule has 0 saturated carbocycles. The lowest BCUT2D eigenvalue weighted by Crippen LogP contribution is -2.14. The zero-order chi connectivity index (χ0) is 20.4. The molecule has 3 aromatic rings.